The van der Waals surface area contributed by atoms with E-state index < -0.39 is 11.9 Å². The van der Waals surface area contributed by atoms with Crippen molar-refractivity contribution in [1.82, 2.24) is 0 Å². The predicted octanol–water partition coefficient (Wildman–Crippen LogP) is 3.12. The number of hydrogen-bond donors (Lipinski definition) is 1. The Bertz CT molecular complexity index is 397. The molecule has 0 saturated heterocycles. The number of carboxylic acid groups (broad SMARTS) is 1. The Balaban J connectivity index is 2.48. The van der Waals surface area contributed by atoms with Gasteiger partial charge in [0.1, 0.15) is 0 Å². The zero-order valence-corrected chi connectivity index (χ0v) is 10.9. The molecule has 0 radical (unpaired) electrons. The van der Waals surface area contributed by atoms with Gasteiger partial charge in [-0.1, -0.05) is 49.4 Å². The summed E-state index contributed by atoms with van der Waals surface area (Å²) in [5.41, 5.74) is 1.93. The minimum absolute atomic E-state index is 0.147. The summed E-state index contributed by atoms with van der Waals surface area (Å²) in [4.78, 5) is 11.0. The molecule has 0 bridgehead atoms. The van der Waals surface area contributed by atoms with Crippen LogP contribution in [0.3, 0.4) is 0 Å². The first kappa shape index (κ1) is 14.5. The summed E-state index contributed by atoms with van der Waals surface area (Å²) >= 11 is 0. The average molecular weight is 248 g/mol. The van der Waals surface area contributed by atoms with Crippen molar-refractivity contribution in [3.05, 3.63) is 48.0 Å². The van der Waals surface area contributed by atoms with Crippen LogP contribution in [0.1, 0.15) is 19.4 Å². The van der Waals surface area contributed by atoms with Crippen LogP contribution in [0.2, 0.25) is 0 Å². The third kappa shape index (κ3) is 4.34. The van der Waals surface area contributed by atoms with Crippen LogP contribution < -0.4 is 0 Å². The van der Waals surface area contributed by atoms with E-state index in [0.29, 0.717) is 13.2 Å². The van der Waals surface area contributed by atoms with Crippen LogP contribution in [0.5, 0.6) is 0 Å². The van der Waals surface area contributed by atoms with Crippen molar-refractivity contribution < 1.29 is 14.6 Å². The van der Waals surface area contributed by atoms with Gasteiger partial charge < -0.3 is 9.84 Å². The Morgan fingerprint density at radius 1 is 1.39 bits per heavy atom. The van der Waals surface area contributed by atoms with Crippen molar-refractivity contribution in [3.8, 4) is 0 Å². The van der Waals surface area contributed by atoms with Gasteiger partial charge >= 0.3 is 5.97 Å². The molecule has 0 spiro atoms. The van der Waals surface area contributed by atoms with Gasteiger partial charge in [0.05, 0.1) is 19.1 Å². The molecule has 3 heteroatoms. The summed E-state index contributed by atoms with van der Waals surface area (Å²) in [5, 5.41) is 9.02. The standard InChI is InChI=1S/C15H20O3/c1-11(2)14(12(3)15(16)17)10-18-9-13-7-5-4-6-8-13/h4-8,12,14H,1,9-10H2,2-3H3,(H,16,17)/t12-,14+/m1/s1. The predicted molar refractivity (Wildman–Crippen MR) is 71.2 cm³/mol. The van der Waals surface area contributed by atoms with Gasteiger partial charge in [-0.15, -0.1) is 0 Å². The molecule has 0 aromatic heterocycles. The maximum atomic E-state index is 11.0. The largest absolute Gasteiger partial charge is 0.481 e. The Hall–Kier alpha value is -1.61. The third-order valence-electron chi connectivity index (χ3n) is 3.04. The highest BCUT2D eigenvalue weighted by molar-refractivity contribution is 5.70. The van der Waals surface area contributed by atoms with Gasteiger partial charge in [0.15, 0.2) is 0 Å². The van der Waals surface area contributed by atoms with Gasteiger partial charge in [-0.2, -0.15) is 0 Å². The summed E-state index contributed by atoms with van der Waals surface area (Å²) in [7, 11) is 0. The van der Waals surface area contributed by atoms with Gasteiger partial charge in [-0.3, -0.25) is 4.79 Å². The van der Waals surface area contributed by atoms with Crippen molar-refractivity contribution >= 4 is 5.97 Å². The fraction of sp³-hybridized carbons (Fsp3) is 0.400. The molecule has 1 aromatic carbocycles. The zero-order chi connectivity index (χ0) is 13.5. The number of hydrogen-bond acceptors (Lipinski definition) is 2. The Morgan fingerprint density at radius 2 is 2.00 bits per heavy atom. The molecule has 0 aliphatic carbocycles. The van der Waals surface area contributed by atoms with E-state index in [-0.39, 0.29) is 5.92 Å². The van der Waals surface area contributed by atoms with E-state index in [1.807, 2.05) is 37.3 Å². The lowest BCUT2D eigenvalue weighted by molar-refractivity contribution is -0.143. The first-order valence-corrected chi connectivity index (χ1v) is 6.02. The SMILES string of the molecule is C=C(C)[C@H](COCc1ccccc1)[C@@H](C)C(=O)O. The van der Waals surface area contributed by atoms with Crippen LogP contribution in [-0.4, -0.2) is 17.7 Å². The van der Waals surface area contributed by atoms with Crippen LogP contribution in [0.15, 0.2) is 42.5 Å². The molecule has 0 amide bonds. The molecule has 98 valence electrons. The second-order valence-corrected chi connectivity index (χ2v) is 4.58. The Kier molecular flexibility index (Phi) is 5.59. The van der Waals surface area contributed by atoms with Crippen molar-refractivity contribution in [1.29, 1.82) is 0 Å². The van der Waals surface area contributed by atoms with E-state index in [1.165, 1.54) is 0 Å². The summed E-state index contributed by atoms with van der Waals surface area (Å²) in [5.74, 6) is -1.43. The molecule has 1 N–H and O–H groups in total. The maximum Gasteiger partial charge on any atom is 0.306 e. The minimum atomic E-state index is -0.814. The Labute approximate surface area is 108 Å². The van der Waals surface area contributed by atoms with Gasteiger partial charge in [0.2, 0.25) is 0 Å². The fourth-order valence-corrected chi connectivity index (χ4v) is 1.76. The lowest BCUT2D eigenvalue weighted by Gasteiger charge is -2.21. The van der Waals surface area contributed by atoms with E-state index in [4.69, 9.17) is 9.84 Å². The van der Waals surface area contributed by atoms with Crippen LogP contribution in [-0.2, 0) is 16.1 Å². The second kappa shape index (κ2) is 6.97. The van der Waals surface area contributed by atoms with Crippen LogP contribution in [0.4, 0.5) is 0 Å². The van der Waals surface area contributed by atoms with Gasteiger partial charge in [0, 0.05) is 5.92 Å². The average Bonchev–Trinajstić information content (AvgIpc) is 2.34. The summed E-state index contributed by atoms with van der Waals surface area (Å²) in [6, 6.07) is 9.82. The number of benzene rings is 1. The van der Waals surface area contributed by atoms with E-state index >= 15 is 0 Å². The van der Waals surface area contributed by atoms with E-state index in [0.717, 1.165) is 11.1 Å². The van der Waals surface area contributed by atoms with Crippen molar-refractivity contribution in [2.45, 2.75) is 20.5 Å². The number of carboxylic acids is 1. The van der Waals surface area contributed by atoms with E-state index in [1.54, 1.807) is 6.92 Å². The number of carbonyl (C=O) groups is 1. The molecule has 2 atom stereocenters. The van der Waals surface area contributed by atoms with E-state index in [2.05, 4.69) is 6.58 Å². The smallest absolute Gasteiger partial charge is 0.306 e. The number of rotatable bonds is 7. The van der Waals surface area contributed by atoms with Gasteiger partial charge in [-0.25, -0.2) is 0 Å². The van der Waals surface area contributed by atoms with Crippen molar-refractivity contribution in [2.75, 3.05) is 6.61 Å². The molecule has 1 rings (SSSR count). The van der Waals surface area contributed by atoms with Gasteiger partial charge in [0.25, 0.3) is 0 Å². The lowest BCUT2D eigenvalue weighted by Crippen LogP contribution is -2.25. The summed E-state index contributed by atoms with van der Waals surface area (Å²) in [6.07, 6.45) is 0. The molecule has 0 aliphatic rings. The molecule has 0 saturated carbocycles. The molecule has 3 nitrogen and oxygen atoms in total. The molecule has 1 aromatic rings. The first-order valence-electron chi connectivity index (χ1n) is 6.02. The number of aliphatic carboxylic acids is 1. The molecular weight excluding hydrogens is 228 g/mol. The maximum absolute atomic E-state index is 11.0. The molecule has 0 aliphatic heterocycles. The van der Waals surface area contributed by atoms with Crippen LogP contribution in [0, 0.1) is 11.8 Å². The number of ether oxygens (including phenoxy) is 1. The van der Waals surface area contributed by atoms with Crippen LogP contribution in [0.25, 0.3) is 0 Å². The topological polar surface area (TPSA) is 46.5 Å². The second-order valence-electron chi connectivity index (χ2n) is 4.58. The molecule has 0 fully saturated rings. The fourth-order valence-electron chi connectivity index (χ4n) is 1.76. The van der Waals surface area contributed by atoms with Crippen LogP contribution >= 0.6 is 0 Å². The summed E-state index contributed by atoms with van der Waals surface area (Å²) in [6.45, 7) is 8.26. The molecule has 0 heterocycles. The van der Waals surface area contributed by atoms with Crippen molar-refractivity contribution in [3.63, 3.8) is 0 Å². The zero-order valence-electron chi connectivity index (χ0n) is 10.9. The molecule has 18 heavy (non-hydrogen) atoms. The molecular formula is C15H20O3. The van der Waals surface area contributed by atoms with Gasteiger partial charge in [-0.05, 0) is 12.5 Å². The minimum Gasteiger partial charge on any atom is -0.481 e. The molecule has 0 unspecified atom stereocenters. The third-order valence-corrected chi connectivity index (χ3v) is 3.04. The monoisotopic (exact) mass is 248 g/mol. The quantitative estimate of drug-likeness (QED) is 0.754. The normalized spacial score (nSPS) is 13.9. The highest BCUT2D eigenvalue weighted by Crippen LogP contribution is 2.20. The first-order chi connectivity index (χ1) is 8.52. The highest BCUT2D eigenvalue weighted by atomic mass is 16.5. The summed E-state index contributed by atoms with van der Waals surface area (Å²) < 4.78 is 5.59. The lowest BCUT2D eigenvalue weighted by atomic mass is 9.89. The highest BCUT2D eigenvalue weighted by Gasteiger charge is 2.24. The van der Waals surface area contributed by atoms with Crippen molar-refractivity contribution in [2.24, 2.45) is 11.8 Å². The van der Waals surface area contributed by atoms with E-state index in [9.17, 15) is 4.79 Å². The Morgan fingerprint density at radius 3 is 2.50 bits per heavy atom.